The molecular weight excluding hydrogens is 355 g/mol. The lowest BCUT2D eigenvalue weighted by Gasteiger charge is -2.11. The van der Waals surface area contributed by atoms with Crippen LogP contribution in [0, 0.1) is 5.82 Å². The van der Waals surface area contributed by atoms with Gasteiger partial charge in [-0.15, -0.1) is 0 Å². The molecule has 4 heterocycles. The number of hydrogen-bond acceptors (Lipinski definition) is 4. The van der Waals surface area contributed by atoms with Crippen molar-refractivity contribution in [2.45, 2.75) is 0 Å². The molecule has 0 aliphatic carbocycles. The van der Waals surface area contributed by atoms with Crippen molar-refractivity contribution in [1.82, 2.24) is 19.9 Å². The third kappa shape index (κ3) is 2.54. The summed E-state index contributed by atoms with van der Waals surface area (Å²) in [5.41, 5.74) is 2.51. The van der Waals surface area contributed by atoms with E-state index in [-0.39, 0.29) is 11.4 Å². The van der Waals surface area contributed by atoms with Crippen molar-refractivity contribution in [2.75, 3.05) is 0 Å². The van der Waals surface area contributed by atoms with Gasteiger partial charge in [-0.05, 0) is 42.5 Å². The highest BCUT2D eigenvalue weighted by atomic mass is 19.1. The van der Waals surface area contributed by atoms with Crippen molar-refractivity contribution in [3.05, 3.63) is 89.4 Å². The van der Waals surface area contributed by atoms with Gasteiger partial charge in [-0.25, -0.2) is 14.4 Å². The number of fused-ring (bicyclic) bond motifs is 2. The summed E-state index contributed by atoms with van der Waals surface area (Å²) in [4.78, 5) is 28.3. The molecule has 0 spiro atoms. The molecule has 28 heavy (non-hydrogen) atoms. The molecule has 0 aliphatic rings. The number of aromatic amines is 1. The second-order valence-corrected chi connectivity index (χ2v) is 6.34. The lowest BCUT2D eigenvalue weighted by molar-refractivity contribution is 0.631. The fourth-order valence-corrected chi connectivity index (χ4v) is 3.39. The van der Waals surface area contributed by atoms with Crippen LogP contribution in [-0.2, 0) is 0 Å². The average molecular weight is 368 g/mol. The van der Waals surface area contributed by atoms with E-state index in [4.69, 9.17) is 0 Å². The number of halogens is 1. The van der Waals surface area contributed by atoms with Gasteiger partial charge >= 0.3 is 0 Å². The van der Waals surface area contributed by atoms with Crippen molar-refractivity contribution < 1.29 is 4.39 Å². The molecule has 134 valence electrons. The molecule has 1 aromatic carbocycles. The Kier molecular flexibility index (Phi) is 3.69. The molecule has 0 radical (unpaired) electrons. The summed E-state index contributed by atoms with van der Waals surface area (Å²) in [6, 6.07) is 15.5. The van der Waals surface area contributed by atoms with Gasteiger partial charge in [0.15, 0.2) is 5.65 Å². The molecule has 0 atom stereocenters. The number of H-pyrrole nitrogens is 1. The van der Waals surface area contributed by atoms with Crippen LogP contribution in [0.1, 0.15) is 0 Å². The van der Waals surface area contributed by atoms with Crippen LogP contribution in [0.5, 0.6) is 0 Å². The van der Waals surface area contributed by atoms with Crippen LogP contribution in [0.25, 0.3) is 44.3 Å². The summed E-state index contributed by atoms with van der Waals surface area (Å²) < 4.78 is 14.4. The summed E-state index contributed by atoms with van der Waals surface area (Å²) in [7, 11) is 0. The molecule has 5 nitrogen and oxygen atoms in total. The smallest absolute Gasteiger partial charge is 0.255 e. The molecule has 0 saturated carbocycles. The van der Waals surface area contributed by atoms with Crippen LogP contribution in [-0.4, -0.2) is 19.9 Å². The third-order valence-electron chi connectivity index (χ3n) is 4.69. The number of nitrogens with zero attached hydrogens (tertiary/aromatic N) is 3. The van der Waals surface area contributed by atoms with Crippen molar-refractivity contribution in [3.63, 3.8) is 0 Å². The summed E-state index contributed by atoms with van der Waals surface area (Å²) in [6.07, 6.45) is 4.83. The Morgan fingerprint density at radius 2 is 1.71 bits per heavy atom. The number of hydrogen-bond donors (Lipinski definition) is 1. The molecule has 6 heteroatoms. The first-order valence-corrected chi connectivity index (χ1v) is 8.70. The van der Waals surface area contributed by atoms with Crippen LogP contribution in [0.4, 0.5) is 4.39 Å². The number of pyridine rings is 4. The van der Waals surface area contributed by atoms with Gasteiger partial charge in [0.25, 0.3) is 5.56 Å². The van der Waals surface area contributed by atoms with Crippen LogP contribution in [0.3, 0.4) is 0 Å². The SMILES string of the molecule is O=c1[nH]ccc2c(-c3cc(-c4ccccc4F)nc4ncccc34)nccc12. The Morgan fingerprint density at radius 1 is 0.821 bits per heavy atom. The Labute approximate surface area is 158 Å². The van der Waals surface area contributed by atoms with E-state index in [2.05, 4.69) is 19.9 Å². The van der Waals surface area contributed by atoms with E-state index in [1.807, 2.05) is 18.2 Å². The molecule has 0 bridgehead atoms. The predicted octanol–water partition coefficient (Wildman–Crippen LogP) is 4.34. The van der Waals surface area contributed by atoms with Gasteiger partial charge in [-0.2, -0.15) is 0 Å². The molecule has 0 aliphatic heterocycles. The van der Waals surface area contributed by atoms with Gasteiger partial charge in [-0.1, -0.05) is 12.1 Å². The first kappa shape index (κ1) is 16.3. The maximum absolute atomic E-state index is 14.4. The van der Waals surface area contributed by atoms with Crippen LogP contribution < -0.4 is 5.56 Å². The molecule has 0 amide bonds. The second-order valence-electron chi connectivity index (χ2n) is 6.34. The van der Waals surface area contributed by atoms with Gasteiger partial charge < -0.3 is 4.98 Å². The normalized spacial score (nSPS) is 11.2. The highest BCUT2D eigenvalue weighted by Crippen LogP contribution is 2.33. The second kappa shape index (κ2) is 6.35. The van der Waals surface area contributed by atoms with E-state index in [1.54, 1.807) is 48.9 Å². The van der Waals surface area contributed by atoms with E-state index in [1.165, 1.54) is 6.07 Å². The summed E-state index contributed by atoms with van der Waals surface area (Å²) in [5.74, 6) is -0.362. The van der Waals surface area contributed by atoms with Crippen molar-refractivity contribution >= 4 is 21.8 Å². The minimum absolute atomic E-state index is 0.188. The van der Waals surface area contributed by atoms with Crippen molar-refractivity contribution in [1.29, 1.82) is 0 Å². The zero-order valence-corrected chi connectivity index (χ0v) is 14.6. The number of nitrogens with one attached hydrogen (secondary N) is 1. The summed E-state index contributed by atoms with van der Waals surface area (Å²) in [6.45, 7) is 0. The van der Waals surface area contributed by atoms with Gasteiger partial charge in [-0.3, -0.25) is 9.78 Å². The minimum atomic E-state index is -0.362. The topological polar surface area (TPSA) is 71.5 Å². The van der Waals surface area contributed by atoms with E-state index >= 15 is 0 Å². The lowest BCUT2D eigenvalue weighted by atomic mass is 10.00. The van der Waals surface area contributed by atoms with E-state index in [0.29, 0.717) is 33.4 Å². The highest BCUT2D eigenvalue weighted by Gasteiger charge is 2.15. The zero-order valence-electron chi connectivity index (χ0n) is 14.6. The predicted molar refractivity (Wildman–Crippen MR) is 106 cm³/mol. The molecular formula is C22H13FN4O. The number of aromatic nitrogens is 4. The fourth-order valence-electron chi connectivity index (χ4n) is 3.39. The minimum Gasteiger partial charge on any atom is -0.329 e. The first-order chi connectivity index (χ1) is 13.7. The fraction of sp³-hybridized carbons (Fsp3) is 0. The quantitative estimate of drug-likeness (QED) is 0.503. The zero-order chi connectivity index (χ0) is 19.1. The Bertz CT molecular complexity index is 1410. The number of rotatable bonds is 2. The maximum atomic E-state index is 14.4. The van der Waals surface area contributed by atoms with E-state index in [0.717, 1.165) is 10.9 Å². The average Bonchev–Trinajstić information content (AvgIpc) is 2.73. The van der Waals surface area contributed by atoms with E-state index < -0.39 is 0 Å². The largest absolute Gasteiger partial charge is 0.329 e. The maximum Gasteiger partial charge on any atom is 0.255 e. The third-order valence-corrected chi connectivity index (χ3v) is 4.69. The summed E-state index contributed by atoms with van der Waals surface area (Å²) in [5, 5.41) is 2.03. The van der Waals surface area contributed by atoms with Gasteiger partial charge in [0.2, 0.25) is 0 Å². The van der Waals surface area contributed by atoms with Crippen LogP contribution in [0.2, 0.25) is 0 Å². The molecule has 1 N–H and O–H groups in total. The van der Waals surface area contributed by atoms with E-state index in [9.17, 15) is 9.18 Å². The lowest BCUT2D eigenvalue weighted by Crippen LogP contribution is -2.05. The Hall–Kier alpha value is -3.93. The van der Waals surface area contributed by atoms with Crippen molar-refractivity contribution in [3.8, 4) is 22.5 Å². The molecule has 0 saturated heterocycles. The molecule has 0 unspecified atom stereocenters. The standard InChI is InChI=1S/C22H13FN4O/c23-18-6-2-1-4-16(18)19-12-17(14-5-3-9-25-21(14)27-19)20-13-7-11-26-22(28)15(13)8-10-24-20/h1-12H,(H,26,28). The van der Waals surface area contributed by atoms with Gasteiger partial charge in [0.05, 0.1) is 16.8 Å². The molecule has 0 fully saturated rings. The van der Waals surface area contributed by atoms with Crippen LogP contribution in [0.15, 0.2) is 78.0 Å². The monoisotopic (exact) mass is 368 g/mol. The van der Waals surface area contributed by atoms with Crippen LogP contribution >= 0.6 is 0 Å². The molecule has 5 rings (SSSR count). The molecule has 5 aromatic rings. The van der Waals surface area contributed by atoms with Crippen molar-refractivity contribution in [2.24, 2.45) is 0 Å². The van der Waals surface area contributed by atoms with Gasteiger partial charge in [0.1, 0.15) is 5.82 Å². The Morgan fingerprint density at radius 3 is 2.61 bits per heavy atom. The Balaban J connectivity index is 1.89. The number of benzene rings is 1. The highest BCUT2D eigenvalue weighted by molar-refractivity contribution is 6.02. The molecule has 4 aromatic heterocycles. The first-order valence-electron chi connectivity index (χ1n) is 8.70. The van der Waals surface area contributed by atoms with Gasteiger partial charge in [0, 0.05) is 40.5 Å². The summed E-state index contributed by atoms with van der Waals surface area (Å²) >= 11 is 0.